The Balaban J connectivity index is 5.26. The molecule has 0 saturated carbocycles. The van der Waals surface area contributed by atoms with Gasteiger partial charge in [0.15, 0.2) is 12.2 Å². The molecular weight excluding hydrogens is 1190 g/mol. The van der Waals surface area contributed by atoms with E-state index >= 15 is 0 Å². The van der Waals surface area contributed by atoms with Crippen molar-refractivity contribution in [1.29, 1.82) is 0 Å². The van der Waals surface area contributed by atoms with E-state index in [0.717, 1.165) is 114 Å². The number of hydrogen-bond acceptors (Lipinski definition) is 15. The molecule has 0 radical (unpaired) electrons. The summed E-state index contributed by atoms with van der Waals surface area (Å²) in [6.45, 7) is 14.1. The molecule has 0 saturated heterocycles. The number of phosphoric ester groups is 2. The summed E-state index contributed by atoms with van der Waals surface area (Å²) in [4.78, 5) is 72.6. The largest absolute Gasteiger partial charge is 0.472 e. The highest BCUT2D eigenvalue weighted by atomic mass is 31.2. The molecule has 0 fully saturated rings. The average Bonchev–Trinajstić information content (AvgIpc) is 2.92. The molecule has 3 unspecified atom stereocenters. The molecule has 0 spiro atoms. The Bertz CT molecular complexity index is 1780. The molecule has 0 rings (SSSR count). The summed E-state index contributed by atoms with van der Waals surface area (Å²) in [7, 11) is -9.90. The molecule has 0 aliphatic heterocycles. The lowest BCUT2D eigenvalue weighted by atomic mass is 10.0. The number of unbranched alkanes of at least 4 members (excludes halogenated alkanes) is 34. The van der Waals surface area contributed by atoms with Gasteiger partial charge in [0.25, 0.3) is 0 Å². The maximum Gasteiger partial charge on any atom is 0.472 e. The van der Waals surface area contributed by atoms with E-state index < -0.39 is 97.5 Å². The second-order valence-electron chi connectivity index (χ2n) is 27.5. The maximum absolute atomic E-state index is 13.0. The summed E-state index contributed by atoms with van der Waals surface area (Å²) < 4.78 is 68.3. The van der Waals surface area contributed by atoms with E-state index in [9.17, 15) is 43.2 Å². The predicted molar refractivity (Wildman–Crippen MR) is 363 cm³/mol. The molecule has 0 amide bonds. The molecule has 3 N–H and O–H groups in total. The van der Waals surface area contributed by atoms with Crippen LogP contribution in [0.4, 0.5) is 0 Å². The normalized spacial score (nSPS) is 14.3. The molecule has 90 heavy (non-hydrogen) atoms. The van der Waals surface area contributed by atoms with E-state index in [-0.39, 0.29) is 25.7 Å². The van der Waals surface area contributed by atoms with Gasteiger partial charge in [-0.25, -0.2) is 9.13 Å². The van der Waals surface area contributed by atoms with Crippen LogP contribution in [0.2, 0.25) is 0 Å². The van der Waals surface area contributed by atoms with Gasteiger partial charge < -0.3 is 33.8 Å². The first kappa shape index (κ1) is 88.1. The Labute approximate surface area is 549 Å². The number of aliphatic hydroxyl groups excluding tert-OH is 1. The van der Waals surface area contributed by atoms with Crippen molar-refractivity contribution in [2.24, 2.45) is 23.7 Å². The summed E-state index contributed by atoms with van der Waals surface area (Å²) in [6, 6.07) is 0. The quantitative estimate of drug-likeness (QED) is 0.0222. The van der Waals surface area contributed by atoms with Crippen molar-refractivity contribution in [3.8, 4) is 0 Å². The molecule has 0 bridgehead atoms. The van der Waals surface area contributed by atoms with Crippen LogP contribution in [0, 0.1) is 23.7 Å². The lowest BCUT2D eigenvalue weighted by molar-refractivity contribution is -0.161. The molecule has 19 heteroatoms. The molecule has 5 atom stereocenters. The maximum atomic E-state index is 13.0. The van der Waals surface area contributed by atoms with Crippen LogP contribution in [0.1, 0.15) is 351 Å². The van der Waals surface area contributed by atoms with E-state index in [1.165, 1.54) is 148 Å². The van der Waals surface area contributed by atoms with Gasteiger partial charge in [-0.05, 0) is 49.4 Å². The van der Waals surface area contributed by atoms with Gasteiger partial charge in [-0.3, -0.25) is 37.3 Å². The third kappa shape index (κ3) is 64.8. The van der Waals surface area contributed by atoms with Gasteiger partial charge in [0.2, 0.25) is 0 Å². The van der Waals surface area contributed by atoms with Crippen LogP contribution in [0.5, 0.6) is 0 Å². The second kappa shape index (κ2) is 60.7. The van der Waals surface area contributed by atoms with Crippen LogP contribution in [-0.4, -0.2) is 96.7 Å². The highest BCUT2D eigenvalue weighted by Crippen LogP contribution is 2.45. The van der Waals surface area contributed by atoms with Crippen molar-refractivity contribution in [3.63, 3.8) is 0 Å². The van der Waals surface area contributed by atoms with Gasteiger partial charge in [-0.15, -0.1) is 0 Å². The number of carbonyl (C=O) groups is 4. The fraction of sp³-hybridized carbons (Fsp3) is 0.944. The molecule has 0 aromatic rings. The van der Waals surface area contributed by atoms with Crippen molar-refractivity contribution < 1.29 is 80.2 Å². The molecule has 17 nitrogen and oxygen atoms in total. The lowest BCUT2D eigenvalue weighted by Gasteiger charge is -2.21. The highest BCUT2D eigenvalue weighted by Gasteiger charge is 2.30. The Morgan fingerprint density at radius 1 is 0.278 bits per heavy atom. The molecular formula is C71H138O17P2. The van der Waals surface area contributed by atoms with Crippen LogP contribution >= 0.6 is 15.6 Å². The van der Waals surface area contributed by atoms with Gasteiger partial charge in [0.1, 0.15) is 19.3 Å². The van der Waals surface area contributed by atoms with Crippen LogP contribution < -0.4 is 0 Å². The van der Waals surface area contributed by atoms with E-state index in [0.29, 0.717) is 31.6 Å². The van der Waals surface area contributed by atoms with Crippen LogP contribution in [0.3, 0.4) is 0 Å². The first-order chi connectivity index (χ1) is 43.1. The highest BCUT2D eigenvalue weighted by molar-refractivity contribution is 7.47. The lowest BCUT2D eigenvalue weighted by Crippen LogP contribution is -2.30. The zero-order valence-corrected chi connectivity index (χ0v) is 60.6. The summed E-state index contributed by atoms with van der Waals surface area (Å²) in [6.07, 6.45) is 43.1. The summed E-state index contributed by atoms with van der Waals surface area (Å²) in [5, 5.41) is 10.6. The zero-order chi connectivity index (χ0) is 66.8. The summed E-state index contributed by atoms with van der Waals surface area (Å²) in [5.41, 5.74) is 0. The fourth-order valence-electron chi connectivity index (χ4n) is 10.7. The number of ether oxygens (including phenoxy) is 4. The van der Waals surface area contributed by atoms with Crippen molar-refractivity contribution in [3.05, 3.63) is 0 Å². The minimum absolute atomic E-state index is 0.105. The van der Waals surface area contributed by atoms with Crippen LogP contribution in [-0.2, 0) is 65.4 Å². The second-order valence-corrected chi connectivity index (χ2v) is 30.4. The third-order valence-corrected chi connectivity index (χ3v) is 18.2. The Hall–Kier alpha value is -1.94. The number of aliphatic hydroxyl groups is 1. The first-order valence-electron chi connectivity index (χ1n) is 36.7. The Morgan fingerprint density at radius 2 is 0.467 bits per heavy atom. The van der Waals surface area contributed by atoms with Crippen molar-refractivity contribution in [2.75, 3.05) is 39.6 Å². The summed E-state index contributed by atoms with van der Waals surface area (Å²) >= 11 is 0. The van der Waals surface area contributed by atoms with Gasteiger partial charge in [-0.1, -0.05) is 299 Å². The minimum atomic E-state index is -4.95. The van der Waals surface area contributed by atoms with Gasteiger partial charge in [0, 0.05) is 25.7 Å². The molecule has 0 aliphatic carbocycles. The average molecular weight is 1330 g/mol. The molecule has 0 aromatic carbocycles. The van der Waals surface area contributed by atoms with Gasteiger partial charge >= 0.3 is 39.5 Å². The fourth-order valence-corrected chi connectivity index (χ4v) is 12.2. The van der Waals surface area contributed by atoms with Crippen molar-refractivity contribution >= 4 is 39.5 Å². The zero-order valence-electron chi connectivity index (χ0n) is 58.8. The van der Waals surface area contributed by atoms with Gasteiger partial charge in [0.05, 0.1) is 26.4 Å². The molecule has 0 heterocycles. The Morgan fingerprint density at radius 3 is 0.689 bits per heavy atom. The number of carbonyl (C=O) groups excluding carboxylic acids is 4. The van der Waals surface area contributed by atoms with E-state index in [1.807, 2.05) is 0 Å². The standard InChI is InChI=1S/C71H138O17P2/c1-61(2)47-39-31-23-16-10-9-11-20-28-37-45-53-70(75)88-67(58-82-69(74)52-44-36-30-22-26-34-42-50-64(7)8)60-86-90(79,80)84-56-65(72)55-83-89(77,78)85-59-66(87-71(76)54-46-38-29-21-15-13-18-25-33-41-49-63(5)6)57-81-68(73)51-43-35-27-19-14-12-17-24-32-40-48-62(3)4/h61-67,72H,9-60H2,1-8H3,(H,77,78)(H,79,80)/t65?,66-,67-/m1/s1. The van der Waals surface area contributed by atoms with Crippen LogP contribution in [0.15, 0.2) is 0 Å². The van der Waals surface area contributed by atoms with E-state index in [4.69, 9.17) is 37.0 Å². The smallest absolute Gasteiger partial charge is 0.462 e. The summed E-state index contributed by atoms with van der Waals surface area (Å²) in [5.74, 6) is 0.853. The van der Waals surface area contributed by atoms with Gasteiger partial charge in [-0.2, -0.15) is 0 Å². The molecule has 0 aliphatic rings. The monoisotopic (exact) mass is 1320 g/mol. The predicted octanol–water partition coefficient (Wildman–Crippen LogP) is 20.1. The first-order valence-corrected chi connectivity index (χ1v) is 39.7. The van der Waals surface area contributed by atoms with E-state index in [2.05, 4.69) is 55.4 Å². The topological polar surface area (TPSA) is 237 Å². The van der Waals surface area contributed by atoms with Crippen molar-refractivity contribution in [1.82, 2.24) is 0 Å². The number of hydrogen-bond donors (Lipinski definition) is 3. The Kier molecular flexibility index (Phi) is 59.4. The number of phosphoric acid groups is 2. The number of esters is 4. The van der Waals surface area contributed by atoms with E-state index in [1.54, 1.807) is 0 Å². The SMILES string of the molecule is CC(C)CCCCCCCCCCCCCC(=O)O[C@H](COC(=O)CCCCCCCCCC(C)C)COP(=O)(O)OCC(O)COP(=O)(O)OC[C@@H](COC(=O)CCCCCCCCCCCCC(C)C)OC(=O)CCCCCCCCCCCCC(C)C. The molecule has 0 aromatic heterocycles. The van der Waals surface area contributed by atoms with Crippen LogP contribution in [0.25, 0.3) is 0 Å². The molecule has 534 valence electrons. The van der Waals surface area contributed by atoms with Crippen molar-refractivity contribution in [2.45, 2.75) is 369 Å². The third-order valence-electron chi connectivity index (χ3n) is 16.3. The number of rotatable bonds is 68. The minimum Gasteiger partial charge on any atom is -0.462 e.